The molecule has 3 nitrogen and oxygen atoms in total. The van der Waals surface area contributed by atoms with Crippen molar-refractivity contribution in [3.63, 3.8) is 0 Å². The summed E-state index contributed by atoms with van der Waals surface area (Å²) in [5.74, 6) is 2.19. The van der Waals surface area contributed by atoms with Crippen LogP contribution in [0, 0.1) is 17.8 Å². The third-order valence-corrected chi connectivity index (χ3v) is 1.74. The van der Waals surface area contributed by atoms with Crippen LogP contribution in [0.1, 0.15) is 17.2 Å². The number of hydrogen-bond acceptors (Lipinski definition) is 3. The van der Waals surface area contributed by atoms with Gasteiger partial charge in [-0.25, -0.2) is 0 Å². The molecule has 0 aliphatic heterocycles. The Kier molecular flexibility index (Phi) is 2.68. The van der Waals surface area contributed by atoms with Gasteiger partial charge < -0.3 is 16.2 Å². The Hall–Kier alpha value is -1.79. The van der Waals surface area contributed by atoms with E-state index in [0.717, 1.165) is 6.21 Å². The Labute approximate surface area is 76.7 Å². The van der Waals surface area contributed by atoms with Gasteiger partial charge >= 0.3 is 0 Å². The van der Waals surface area contributed by atoms with Gasteiger partial charge in [0.25, 0.3) is 0 Å². The van der Waals surface area contributed by atoms with Crippen molar-refractivity contribution in [1.29, 1.82) is 5.41 Å². The number of hydrogen-bond donors (Lipinski definition) is 3. The minimum atomic E-state index is -0.929. The van der Waals surface area contributed by atoms with Crippen molar-refractivity contribution in [2.75, 3.05) is 5.73 Å². The summed E-state index contributed by atoms with van der Waals surface area (Å²) in [4.78, 5) is 0. The average Bonchev–Trinajstić information content (AvgIpc) is 2.16. The maximum Gasteiger partial charge on any atom is 0.140 e. The lowest BCUT2D eigenvalue weighted by atomic mass is 10.1. The number of nitrogens with two attached hydrogens (primary N) is 1. The second-order valence-corrected chi connectivity index (χ2v) is 2.60. The van der Waals surface area contributed by atoms with E-state index >= 15 is 0 Å². The number of aliphatic hydroxyl groups excluding tert-OH is 1. The number of aliphatic hydroxyl groups is 1. The zero-order valence-corrected chi connectivity index (χ0v) is 6.99. The summed E-state index contributed by atoms with van der Waals surface area (Å²) in [5, 5.41) is 16.3. The lowest BCUT2D eigenvalue weighted by Crippen LogP contribution is -1.98. The second kappa shape index (κ2) is 3.74. The summed E-state index contributed by atoms with van der Waals surface area (Å²) < 4.78 is 0. The van der Waals surface area contributed by atoms with Gasteiger partial charge in [-0.1, -0.05) is 18.1 Å². The van der Waals surface area contributed by atoms with Crippen LogP contribution in [0.5, 0.6) is 0 Å². The maximum absolute atomic E-state index is 9.27. The maximum atomic E-state index is 9.27. The van der Waals surface area contributed by atoms with E-state index in [1.807, 2.05) is 0 Å². The third-order valence-electron chi connectivity index (χ3n) is 1.74. The van der Waals surface area contributed by atoms with Gasteiger partial charge in [0.05, 0.1) is 0 Å². The molecule has 3 heteroatoms. The molecular weight excluding hydrogens is 164 g/mol. The van der Waals surface area contributed by atoms with E-state index in [1.54, 1.807) is 18.2 Å². The number of nitrogens with one attached hydrogen (secondary N) is 1. The van der Waals surface area contributed by atoms with Gasteiger partial charge in [0.2, 0.25) is 0 Å². The fraction of sp³-hybridized carbons (Fsp3) is 0.100. The van der Waals surface area contributed by atoms with Gasteiger partial charge in [0, 0.05) is 17.5 Å². The van der Waals surface area contributed by atoms with Crippen molar-refractivity contribution in [2.24, 2.45) is 0 Å². The fourth-order valence-electron chi connectivity index (χ4n) is 0.991. The van der Waals surface area contributed by atoms with Crippen molar-refractivity contribution in [3.8, 4) is 12.3 Å². The van der Waals surface area contributed by atoms with Crippen LogP contribution in [0.2, 0.25) is 0 Å². The molecule has 13 heavy (non-hydrogen) atoms. The first-order valence-corrected chi connectivity index (χ1v) is 3.73. The Morgan fingerprint density at radius 1 is 1.62 bits per heavy atom. The van der Waals surface area contributed by atoms with Crippen LogP contribution in [0.15, 0.2) is 18.2 Å². The predicted octanol–water partition coefficient (Wildman–Crippen LogP) is 0.933. The second-order valence-electron chi connectivity index (χ2n) is 2.60. The molecule has 0 aliphatic carbocycles. The molecule has 1 rings (SSSR count). The van der Waals surface area contributed by atoms with Crippen molar-refractivity contribution in [1.82, 2.24) is 0 Å². The molecule has 0 radical (unpaired) electrons. The highest BCUT2D eigenvalue weighted by atomic mass is 16.3. The Morgan fingerprint density at radius 3 is 2.77 bits per heavy atom. The molecule has 0 heterocycles. The van der Waals surface area contributed by atoms with E-state index < -0.39 is 6.10 Å². The Morgan fingerprint density at radius 2 is 2.31 bits per heavy atom. The van der Waals surface area contributed by atoms with Crippen LogP contribution in [-0.4, -0.2) is 11.3 Å². The molecule has 0 amide bonds. The monoisotopic (exact) mass is 174 g/mol. The van der Waals surface area contributed by atoms with Crippen LogP contribution in [0.4, 0.5) is 5.69 Å². The van der Waals surface area contributed by atoms with E-state index in [0.29, 0.717) is 16.8 Å². The number of rotatable bonds is 2. The van der Waals surface area contributed by atoms with Gasteiger partial charge in [-0.15, -0.1) is 6.42 Å². The highest BCUT2D eigenvalue weighted by molar-refractivity contribution is 5.85. The summed E-state index contributed by atoms with van der Waals surface area (Å²) >= 11 is 0. The molecule has 0 saturated carbocycles. The SMILES string of the molecule is C#CC(O)c1ccc(C=N)c(N)c1. The summed E-state index contributed by atoms with van der Waals surface area (Å²) in [5.41, 5.74) is 7.23. The van der Waals surface area contributed by atoms with Crippen LogP contribution in [-0.2, 0) is 0 Å². The van der Waals surface area contributed by atoms with Crippen molar-refractivity contribution >= 4 is 11.9 Å². The molecule has 1 atom stereocenters. The first-order chi connectivity index (χ1) is 6.19. The van der Waals surface area contributed by atoms with Crippen molar-refractivity contribution < 1.29 is 5.11 Å². The molecule has 1 unspecified atom stereocenters. The summed E-state index contributed by atoms with van der Waals surface area (Å²) in [6.45, 7) is 0. The lowest BCUT2D eigenvalue weighted by molar-refractivity contribution is 0.238. The summed E-state index contributed by atoms with van der Waals surface area (Å²) in [7, 11) is 0. The quantitative estimate of drug-likeness (QED) is 0.354. The Bertz CT molecular complexity index is 366. The van der Waals surface area contributed by atoms with Crippen molar-refractivity contribution in [2.45, 2.75) is 6.10 Å². The minimum Gasteiger partial charge on any atom is -0.398 e. The van der Waals surface area contributed by atoms with Crippen LogP contribution >= 0.6 is 0 Å². The highest BCUT2D eigenvalue weighted by Gasteiger charge is 2.04. The average molecular weight is 174 g/mol. The number of nitrogen functional groups attached to an aromatic ring is 1. The summed E-state index contributed by atoms with van der Waals surface area (Å²) in [6.07, 6.45) is 5.26. The zero-order chi connectivity index (χ0) is 9.84. The molecule has 4 N–H and O–H groups in total. The normalized spacial score (nSPS) is 11.7. The molecular formula is C10H10N2O. The molecule has 0 aliphatic rings. The van der Waals surface area contributed by atoms with E-state index in [1.165, 1.54) is 0 Å². The Balaban J connectivity index is 3.11. The minimum absolute atomic E-state index is 0.446. The van der Waals surface area contributed by atoms with Gasteiger partial charge in [-0.3, -0.25) is 0 Å². The molecule has 0 aromatic heterocycles. The largest absolute Gasteiger partial charge is 0.398 e. The van der Waals surface area contributed by atoms with Gasteiger partial charge in [-0.05, 0) is 11.6 Å². The van der Waals surface area contributed by atoms with Crippen LogP contribution < -0.4 is 5.73 Å². The van der Waals surface area contributed by atoms with E-state index in [4.69, 9.17) is 17.6 Å². The number of benzene rings is 1. The number of terminal acetylenes is 1. The highest BCUT2D eigenvalue weighted by Crippen LogP contribution is 2.17. The topological polar surface area (TPSA) is 70.1 Å². The van der Waals surface area contributed by atoms with Gasteiger partial charge in [0.15, 0.2) is 0 Å². The van der Waals surface area contributed by atoms with Gasteiger partial charge in [-0.2, -0.15) is 0 Å². The summed E-state index contributed by atoms with van der Waals surface area (Å²) in [6, 6.07) is 4.88. The van der Waals surface area contributed by atoms with Crippen molar-refractivity contribution in [3.05, 3.63) is 29.3 Å². The number of anilines is 1. The standard InChI is InChI=1S/C10H10N2O/c1-2-10(13)7-3-4-8(6-11)9(12)5-7/h1,3-6,10-11,13H,12H2. The molecule has 66 valence electrons. The molecule has 0 spiro atoms. The van der Waals surface area contributed by atoms with E-state index in [-0.39, 0.29) is 0 Å². The molecule has 1 aromatic carbocycles. The van der Waals surface area contributed by atoms with Crippen LogP contribution in [0.25, 0.3) is 0 Å². The molecule has 0 fully saturated rings. The third kappa shape index (κ3) is 1.86. The van der Waals surface area contributed by atoms with Crippen LogP contribution in [0.3, 0.4) is 0 Å². The van der Waals surface area contributed by atoms with Gasteiger partial charge in [0.1, 0.15) is 6.10 Å². The fourth-order valence-corrected chi connectivity index (χ4v) is 0.991. The zero-order valence-electron chi connectivity index (χ0n) is 6.99. The van der Waals surface area contributed by atoms with E-state index in [2.05, 4.69) is 5.92 Å². The molecule has 0 saturated heterocycles. The lowest BCUT2D eigenvalue weighted by Gasteiger charge is -2.06. The smallest absolute Gasteiger partial charge is 0.140 e. The first kappa shape index (κ1) is 9.30. The first-order valence-electron chi connectivity index (χ1n) is 3.73. The molecule has 1 aromatic rings. The predicted molar refractivity (Wildman–Crippen MR) is 52.5 cm³/mol. The van der Waals surface area contributed by atoms with E-state index in [9.17, 15) is 5.11 Å². The molecule has 0 bridgehead atoms.